The first kappa shape index (κ1) is 13.2. The molecule has 0 saturated carbocycles. The molecule has 5 heteroatoms. The van der Waals surface area contributed by atoms with E-state index in [1.807, 2.05) is 30.3 Å². The molecule has 1 aromatic heterocycles. The maximum absolute atomic E-state index is 9.46. The molecular formula is C16H14N2O3. The summed E-state index contributed by atoms with van der Waals surface area (Å²) in [4.78, 5) is 4.34. The van der Waals surface area contributed by atoms with Crippen LogP contribution in [-0.4, -0.2) is 22.4 Å². The van der Waals surface area contributed by atoms with Crippen molar-refractivity contribution in [2.45, 2.75) is 6.42 Å². The number of phenols is 1. The van der Waals surface area contributed by atoms with Crippen molar-refractivity contribution < 1.29 is 14.4 Å². The molecule has 3 rings (SSSR count). The molecule has 0 saturated heterocycles. The van der Waals surface area contributed by atoms with Crippen molar-refractivity contribution >= 4 is 0 Å². The second-order valence-corrected chi connectivity index (χ2v) is 4.59. The summed E-state index contributed by atoms with van der Waals surface area (Å²) >= 11 is 0. The summed E-state index contributed by atoms with van der Waals surface area (Å²) < 4.78 is 10.3. The average molecular weight is 282 g/mol. The minimum Gasteiger partial charge on any atom is -0.508 e. The van der Waals surface area contributed by atoms with Crippen LogP contribution in [0.15, 0.2) is 53.1 Å². The molecule has 106 valence electrons. The summed E-state index contributed by atoms with van der Waals surface area (Å²) in [5, 5.41) is 13.4. The van der Waals surface area contributed by atoms with Crippen LogP contribution < -0.4 is 4.74 Å². The number of nitrogens with zero attached hydrogens (tertiary/aromatic N) is 2. The van der Waals surface area contributed by atoms with Crippen molar-refractivity contribution in [3.8, 4) is 23.0 Å². The molecule has 0 aliphatic carbocycles. The van der Waals surface area contributed by atoms with Gasteiger partial charge in [0, 0.05) is 12.0 Å². The molecule has 0 radical (unpaired) electrons. The Morgan fingerprint density at radius 2 is 1.95 bits per heavy atom. The van der Waals surface area contributed by atoms with E-state index in [9.17, 15) is 5.11 Å². The third kappa shape index (κ3) is 3.02. The zero-order valence-corrected chi connectivity index (χ0v) is 11.5. The predicted molar refractivity (Wildman–Crippen MR) is 77.2 cm³/mol. The zero-order chi connectivity index (χ0) is 14.7. The minimum absolute atomic E-state index is 0.169. The Labute approximate surface area is 121 Å². The van der Waals surface area contributed by atoms with Gasteiger partial charge in [0.15, 0.2) is 5.82 Å². The van der Waals surface area contributed by atoms with E-state index in [-0.39, 0.29) is 5.75 Å². The number of methoxy groups -OCH3 is 1. The smallest absolute Gasteiger partial charge is 0.258 e. The lowest BCUT2D eigenvalue weighted by Gasteiger charge is -2.00. The number of aromatic hydroxyl groups is 1. The summed E-state index contributed by atoms with van der Waals surface area (Å²) in [5.74, 6) is 1.97. The van der Waals surface area contributed by atoms with E-state index in [0.717, 1.165) is 11.3 Å². The van der Waals surface area contributed by atoms with Crippen molar-refractivity contribution in [3.63, 3.8) is 0 Å². The molecule has 0 fully saturated rings. The molecule has 2 aromatic carbocycles. The molecule has 0 spiro atoms. The Hall–Kier alpha value is -2.82. The Morgan fingerprint density at radius 3 is 2.67 bits per heavy atom. The van der Waals surface area contributed by atoms with Gasteiger partial charge in [-0.1, -0.05) is 23.4 Å². The predicted octanol–water partition coefficient (Wildman–Crippen LogP) is 3.04. The lowest BCUT2D eigenvalue weighted by Crippen LogP contribution is -1.91. The summed E-state index contributed by atoms with van der Waals surface area (Å²) in [6.45, 7) is 0. The highest BCUT2D eigenvalue weighted by Crippen LogP contribution is 2.22. The first-order valence-electron chi connectivity index (χ1n) is 6.49. The first-order chi connectivity index (χ1) is 10.2. The van der Waals surface area contributed by atoms with Crippen LogP contribution in [0.4, 0.5) is 0 Å². The number of benzene rings is 2. The largest absolute Gasteiger partial charge is 0.508 e. The molecular weight excluding hydrogens is 268 g/mol. The van der Waals surface area contributed by atoms with Crippen molar-refractivity contribution in [1.29, 1.82) is 0 Å². The van der Waals surface area contributed by atoms with Gasteiger partial charge in [-0.05, 0) is 35.9 Å². The quantitative estimate of drug-likeness (QED) is 0.796. The van der Waals surface area contributed by atoms with Gasteiger partial charge in [0.05, 0.1) is 7.11 Å². The van der Waals surface area contributed by atoms with Gasteiger partial charge < -0.3 is 14.4 Å². The van der Waals surface area contributed by atoms with Gasteiger partial charge in [-0.25, -0.2) is 0 Å². The Morgan fingerprint density at radius 1 is 1.14 bits per heavy atom. The van der Waals surface area contributed by atoms with Gasteiger partial charge in [0.2, 0.25) is 0 Å². The lowest BCUT2D eigenvalue weighted by molar-refractivity contribution is 0.414. The number of rotatable bonds is 4. The molecule has 3 aromatic rings. The first-order valence-corrected chi connectivity index (χ1v) is 6.49. The Bertz CT molecular complexity index is 735. The molecule has 1 N–H and O–H groups in total. The minimum atomic E-state index is 0.169. The molecule has 0 atom stereocenters. The number of hydrogen-bond acceptors (Lipinski definition) is 5. The van der Waals surface area contributed by atoms with Crippen molar-refractivity contribution in [3.05, 3.63) is 59.9 Å². The van der Waals surface area contributed by atoms with Crippen molar-refractivity contribution in [1.82, 2.24) is 10.1 Å². The molecule has 5 nitrogen and oxygen atoms in total. The normalized spacial score (nSPS) is 10.5. The topological polar surface area (TPSA) is 68.4 Å². The maximum atomic E-state index is 9.46. The van der Waals surface area contributed by atoms with Gasteiger partial charge in [-0.3, -0.25) is 0 Å². The van der Waals surface area contributed by atoms with Crippen LogP contribution in [-0.2, 0) is 6.42 Å². The van der Waals surface area contributed by atoms with Crippen LogP contribution >= 0.6 is 0 Å². The van der Waals surface area contributed by atoms with Crippen LogP contribution in [0.2, 0.25) is 0 Å². The maximum Gasteiger partial charge on any atom is 0.258 e. The van der Waals surface area contributed by atoms with Gasteiger partial charge in [0.1, 0.15) is 11.5 Å². The molecule has 21 heavy (non-hydrogen) atoms. The van der Waals surface area contributed by atoms with E-state index in [1.165, 1.54) is 0 Å². The Balaban J connectivity index is 1.78. The lowest BCUT2D eigenvalue weighted by atomic mass is 10.1. The molecule has 0 amide bonds. The molecule has 0 bridgehead atoms. The molecule has 0 unspecified atom stereocenters. The van der Waals surface area contributed by atoms with Crippen LogP contribution in [0.1, 0.15) is 11.4 Å². The van der Waals surface area contributed by atoms with Crippen LogP contribution in [0.3, 0.4) is 0 Å². The van der Waals surface area contributed by atoms with Crippen molar-refractivity contribution in [2.75, 3.05) is 7.11 Å². The Kier molecular flexibility index (Phi) is 3.55. The zero-order valence-electron chi connectivity index (χ0n) is 11.5. The van der Waals surface area contributed by atoms with Gasteiger partial charge >= 0.3 is 0 Å². The van der Waals surface area contributed by atoms with E-state index >= 15 is 0 Å². The van der Waals surface area contributed by atoms with Gasteiger partial charge in [0.25, 0.3) is 5.89 Å². The van der Waals surface area contributed by atoms with E-state index in [4.69, 9.17) is 9.26 Å². The monoisotopic (exact) mass is 282 g/mol. The highest BCUT2D eigenvalue weighted by atomic mass is 16.5. The van der Waals surface area contributed by atoms with E-state index < -0.39 is 0 Å². The second-order valence-electron chi connectivity index (χ2n) is 4.59. The van der Waals surface area contributed by atoms with E-state index in [0.29, 0.717) is 23.7 Å². The molecule has 0 aliphatic rings. The van der Waals surface area contributed by atoms with Crippen LogP contribution in [0, 0.1) is 0 Å². The SMILES string of the molecule is COc1ccc(Cc2noc(-c3cccc(O)c3)n2)cc1. The van der Waals surface area contributed by atoms with Gasteiger partial charge in [-0.15, -0.1) is 0 Å². The van der Waals surface area contributed by atoms with Gasteiger partial charge in [-0.2, -0.15) is 4.98 Å². The standard InChI is InChI=1S/C16H14N2O3/c1-20-14-7-5-11(6-8-14)9-15-17-16(21-18-15)12-3-2-4-13(19)10-12/h2-8,10,19H,9H2,1H3. The highest BCUT2D eigenvalue weighted by molar-refractivity contribution is 5.55. The van der Waals surface area contributed by atoms with E-state index in [1.54, 1.807) is 25.3 Å². The fourth-order valence-electron chi connectivity index (χ4n) is 2.01. The number of hydrogen-bond donors (Lipinski definition) is 1. The highest BCUT2D eigenvalue weighted by Gasteiger charge is 2.10. The fourth-order valence-corrected chi connectivity index (χ4v) is 2.01. The summed E-state index contributed by atoms with van der Waals surface area (Å²) in [5.41, 5.74) is 1.77. The third-order valence-corrected chi connectivity index (χ3v) is 3.08. The van der Waals surface area contributed by atoms with Crippen LogP contribution in [0.25, 0.3) is 11.5 Å². The fraction of sp³-hybridized carbons (Fsp3) is 0.125. The summed E-state index contributed by atoms with van der Waals surface area (Å²) in [7, 11) is 1.63. The van der Waals surface area contributed by atoms with E-state index in [2.05, 4.69) is 10.1 Å². The number of phenolic OH excluding ortho intramolecular Hbond substituents is 1. The average Bonchev–Trinajstić information content (AvgIpc) is 2.97. The molecule has 1 heterocycles. The summed E-state index contributed by atoms with van der Waals surface area (Å²) in [6.07, 6.45) is 0.576. The number of ether oxygens (including phenoxy) is 1. The second kappa shape index (κ2) is 5.66. The van der Waals surface area contributed by atoms with Crippen molar-refractivity contribution in [2.24, 2.45) is 0 Å². The third-order valence-electron chi connectivity index (χ3n) is 3.08. The summed E-state index contributed by atoms with van der Waals surface area (Å²) in [6, 6.07) is 14.4. The van der Waals surface area contributed by atoms with Crippen LogP contribution in [0.5, 0.6) is 11.5 Å². The number of aromatic nitrogens is 2. The molecule has 0 aliphatic heterocycles.